The topological polar surface area (TPSA) is 107 Å². The molecule has 39 heavy (non-hydrogen) atoms. The molecule has 3 aromatic carbocycles. The van der Waals surface area contributed by atoms with E-state index in [-0.39, 0.29) is 17.9 Å². The summed E-state index contributed by atoms with van der Waals surface area (Å²) >= 11 is 0. The number of guanidine groups is 1. The van der Waals surface area contributed by atoms with E-state index in [0.29, 0.717) is 37.2 Å². The predicted octanol–water partition coefficient (Wildman–Crippen LogP) is 4.81. The SMILES string of the molecule is N#CN(C(N)=Nc1ccc(Oc2ccccc2)cc1)[C@H](CCC(=O)NCCN1CCCC1)Cc1ccccc1. The van der Waals surface area contributed by atoms with Crippen molar-refractivity contribution in [2.45, 2.75) is 38.1 Å². The molecular weight excluding hydrogens is 488 g/mol. The van der Waals surface area contributed by atoms with Crippen LogP contribution in [0.3, 0.4) is 0 Å². The quantitative estimate of drug-likeness (QED) is 0.152. The van der Waals surface area contributed by atoms with Gasteiger partial charge in [0.25, 0.3) is 0 Å². The van der Waals surface area contributed by atoms with Crippen molar-refractivity contribution in [1.82, 2.24) is 15.1 Å². The van der Waals surface area contributed by atoms with Crippen LogP contribution in [-0.2, 0) is 11.2 Å². The molecule has 0 aromatic heterocycles. The number of nitriles is 1. The molecule has 0 radical (unpaired) electrons. The largest absolute Gasteiger partial charge is 0.457 e. The molecule has 0 spiro atoms. The smallest absolute Gasteiger partial charge is 0.220 e. The first kappa shape index (κ1) is 27.7. The van der Waals surface area contributed by atoms with E-state index in [1.54, 1.807) is 12.1 Å². The van der Waals surface area contributed by atoms with Crippen molar-refractivity contribution in [1.29, 1.82) is 5.26 Å². The molecule has 1 aliphatic heterocycles. The summed E-state index contributed by atoms with van der Waals surface area (Å²) in [5.74, 6) is 1.49. The monoisotopic (exact) mass is 524 g/mol. The third-order valence-corrected chi connectivity index (χ3v) is 6.75. The normalized spacial score (nSPS) is 14.4. The Balaban J connectivity index is 1.39. The zero-order chi connectivity index (χ0) is 27.3. The van der Waals surface area contributed by atoms with Crippen molar-refractivity contribution in [2.75, 3.05) is 26.2 Å². The Morgan fingerprint density at radius 3 is 2.31 bits per heavy atom. The zero-order valence-electron chi connectivity index (χ0n) is 22.2. The van der Waals surface area contributed by atoms with Gasteiger partial charge >= 0.3 is 0 Å². The molecule has 0 aliphatic carbocycles. The van der Waals surface area contributed by atoms with E-state index in [1.807, 2.05) is 72.8 Å². The van der Waals surface area contributed by atoms with Crippen molar-refractivity contribution < 1.29 is 9.53 Å². The summed E-state index contributed by atoms with van der Waals surface area (Å²) in [6.45, 7) is 3.72. The van der Waals surface area contributed by atoms with Crippen LogP contribution in [0.5, 0.6) is 11.5 Å². The van der Waals surface area contributed by atoms with Crippen LogP contribution >= 0.6 is 0 Å². The van der Waals surface area contributed by atoms with Crippen LogP contribution in [0.25, 0.3) is 0 Å². The van der Waals surface area contributed by atoms with Crippen LogP contribution in [0.15, 0.2) is 89.9 Å². The summed E-state index contributed by atoms with van der Waals surface area (Å²) in [6, 6.07) is 26.3. The first-order chi connectivity index (χ1) is 19.1. The molecule has 8 nitrogen and oxygen atoms in total. The number of rotatable bonds is 12. The van der Waals surface area contributed by atoms with E-state index in [0.717, 1.165) is 30.9 Å². The van der Waals surface area contributed by atoms with Crippen molar-refractivity contribution in [3.8, 4) is 17.7 Å². The van der Waals surface area contributed by atoms with Gasteiger partial charge in [-0.05, 0) is 80.7 Å². The van der Waals surface area contributed by atoms with Gasteiger partial charge in [0.05, 0.1) is 11.7 Å². The number of benzene rings is 3. The minimum Gasteiger partial charge on any atom is -0.457 e. The summed E-state index contributed by atoms with van der Waals surface area (Å²) in [5, 5.41) is 13.1. The number of para-hydroxylation sites is 1. The Morgan fingerprint density at radius 1 is 1.00 bits per heavy atom. The molecule has 0 saturated carbocycles. The fourth-order valence-electron chi connectivity index (χ4n) is 4.67. The maximum absolute atomic E-state index is 12.6. The molecule has 1 fully saturated rings. The van der Waals surface area contributed by atoms with Gasteiger partial charge < -0.3 is 20.7 Å². The second-order valence-corrected chi connectivity index (χ2v) is 9.63. The van der Waals surface area contributed by atoms with Crippen LogP contribution in [0.2, 0.25) is 0 Å². The number of nitrogens with zero attached hydrogens (tertiary/aromatic N) is 4. The fourth-order valence-corrected chi connectivity index (χ4v) is 4.67. The fraction of sp³-hybridized carbons (Fsp3) is 0.323. The Hall–Kier alpha value is -4.35. The van der Waals surface area contributed by atoms with Crippen LogP contribution in [0, 0.1) is 11.5 Å². The van der Waals surface area contributed by atoms with Crippen LogP contribution in [0.4, 0.5) is 5.69 Å². The predicted molar refractivity (Wildman–Crippen MR) is 154 cm³/mol. The van der Waals surface area contributed by atoms with E-state index in [9.17, 15) is 10.1 Å². The molecule has 0 unspecified atom stereocenters. The highest BCUT2D eigenvalue weighted by molar-refractivity contribution is 5.83. The molecular formula is C31H36N6O2. The van der Waals surface area contributed by atoms with Crippen molar-refractivity contribution in [3.05, 3.63) is 90.5 Å². The summed E-state index contributed by atoms with van der Waals surface area (Å²) < 4.78 is 5.84. The summed E-state index contributed by atoms with van der Waals surface area (Å²) in [5.41, 5.74) is 8.01. The molecule has 202 valence electrons. The van der Waals surface area contributed by atoms with Gasteiger partial charge in [0.2, 0.25) is 11.9 Å². The number of amides is 1. The Kier molecular flexibility index (Phi) is 10.3. The number of aliphatic imine (C=N–C) groups is 1. The van der Waals surface area contributed by atoms with E-state index in [1.165, 1.54) is 17.7 Å². The highest BCUT2D eigenvalue weighted by Crippen LogP contribution is 2.24. The van der Waals surface area contributed by atoms with Crippen LogP contribution < -0.4 is 15.8 Å². The first-order valence-corrected chi connectivity index (χ1v) is 13.5. The minimum absolute atomic E-state index is 0.0188. The molecule has 8 heteroatoms. The molecule has 3 N–H and O–H groups in total. The molecule has 3 aromatic rings. The lowest BCUT2D eigenvalue weighted by molar-refractivity contribution is -0.121. The molecule has 1 heterocycles. The number of nitrogens with two attached hydrogens (primary N) is 1. The minimum atomic E-state index is -0.314. The number of carbonyl (C=O) groups is 1. The molecule has 1 amide bonds. The van der Waals surface area contributed by atoms with Crippen molar-refractivity contribution in [3.63, 3.8) is 0 Å². The van der Waals surface area contributed by atoms with E-state index in [2.05, 4.69) is 21.4 Å². The third-order valence-electron chi connectivity index (χ3n) is 6.75. The standard InChI is InChI=1S/C31H36N6O2/c32-24-37(31(33)35-26-13-16-29(17-14-26)39-28-11-5-2-6-12-28)27(23-25-9-3-1-4-10-25)15-18-30(38)34-19-22-36-20-7-8-21-36/h1-6,9-14,16-17,27H,7-8,15,18-23H2,(H2,33,35)(H,34,38)/t27-/m1/s1. The van der Waals surface area contributed by atoms with E-state index in [4.69, 9.17) is 10.5 Å². The molecule has 1 atom stereocenters. The maximum Gasteiger partial charge on any atom is 0.220 e. The van der Waals surface area contributed by atoms with Gasteiger partial charge in [-0.15, -0.1) is 0 Å². The van der Waals surface area contributed by atoms with Gasteiger partial charge in [-0.25, -0.2) is 9.89 Å². The Labute approximate surface area is 230 Å². The Morgan fingerprint density at radius 2 is 1.64 bits per heavy atom. The van der Waals surface area contributed by atoms with Crippen molar-refractivity contribution in [2.24, 2.45) is 10.7 Å². The van der Waals surface area contributed by atoms with Crippen LogP contribution in [-0.4, -0.2) is 53.9 Å². The maximum atomic E-state index is 12.6. The summed E-state index contributed by atoms with van der Waals surface area (Å²) in [7, 11) is 0. The molecule has 4 rings (SSSR count). The zero-order valence-corrected chi connectivity index (χ0v) is 22.2. The van der Waals surface area contributed by atoms with E-state index >= 15 is 0 Å². The van der Waals surface area contributed by atoms with Crippen LogP contribution in [0.1, 0.15) is 31.2 Å². The van der Waals surface area contributed by atoms with Gasteiger partial charge in [0.15, 0.2) is 6.19 Å². The van der Waals surface area contributed by atoms with Gasteiger partial charge in [-0.1, -0.05) is 48.5 Å². The Bertz CT molecular complexity index is 1240. The van der Waals surface area contributed by atoms with Gasteiger partial charge in [-0.3, -0.25) is 4.79 Å². The summed E-state index contributed by atoms with van der Waals surface area (Å²) in [6.07, 6.45) is 6.00. The number of ether oxygens (including phenoxy) is 1. The second kappa shape index (κ2) is 14.6. The number of hydrogen-bond acceptors (Lipinski definition) is 5. The summed E-state index contributed by atoms with van der Waals surface area (Å²) in [4.78, 5) is 20.9. The molecule has 0 bridgehead atoms. The number of likely N-dealkylation sites (tertiary alicyclic amines) is 1. The highest BCUT2D eigenvalue weighted by atomic mass is 16.5. The second-order valence-electron chi connectivity index (χ2n) is 9.63. The lowest BCUT2D eigenvalue weighted by Gasteiger charge is -2.26. The number of carbonyl (C=O) groups excluding carboxylic acids is 1. The average molecular weight is 525 g/mol. The lowest BCUT2D eigenvalue weighted by atomic mass is 10.0. The van der Waals surface area contributed by atoms with Gasteiger partial charge in [0, 0.05) is 19.5 Å². The van der Waals surface area contributed by atoms with E-state index < -0.39 is 0 Å². The first-order valence-electron chi connectivity index (χ1n) is 13.5. The van der Waals surface area contributed by atoms with Gasteiger partial charge in [-0.2, -0.15) is 5.26 Å². The average Bonchev–Trinajstić information content (AvgIpc) is 3.48. The third kappa shape index (κ3) is 8.87. The molecule has 1 aliphatic rings. The van der Waals surface area contributed by atoms with Gasteiger partial charge in [0.1, 0.15) is 11.5 Å². The number of nitrogens with one attached hydrogen (secondary N) is 1. The van der Waals surface area contributed by atoms with Crippen molar-refractivity contribution >= 4 is 17.6 Å². The lowest BCUT2D eigenvalue weighted by Crippen LogP contribution is -2.43. The highest BCUT2D eigenvalue weighted by Gasteiger charge is 2.22. The number of hydrogen-bond donors (Lipinski definition) is 2. The molecule has 1 saturated heterocycles.